The minimum absolute atomic E-state index is 0.355. The Balaban J connectivity index is 2.90. The number of carbonyl (C=O) groups is 1. The SMILES string of the molecule is C#CC[C@@H](C(N)=O)c1ccccc1. The molecule has 2 N–H and O–H groups in total. The highest BCUT2D eigenvalue weighted by atomic mass is 16.1. The van der Waals surface area contributed by atoms with Gasteiger partial charge in [-0.1, -0.05) is 30.3 Å². The van der Waals surface area contributed by atoms with Crippen LogP contribution in [0.2, 0.25) is 0 Å². The molecule has 0 spiro atoms. The van der Waals surface area contributed by atoms with Crippen molar-refractivity contribution in [3.63, 3.8) is 0 Å². The van der Waals surface area contributed by atoms with Crippen molar-refractivity contribution >= 4 is 5.91 Å². The van der Waals surface area contributed by atoms with Crippen LogP contribution in [0.5, 0.6) is 0 Å². The third-order valence-corrected chi connectivity index (χ3v) is 1.87. The Labute approximate surface area is 77.8 Å². The Kier molecular flexibility index (Phi) is 3.10. The van der Waals surface area contributed by atoms with Crippen molar-refractivity contribution in [2.75, 3.05) is 0 Å². The maximum Gasteiger partial charge on any atom is 0.225 e. The summed E-state index contributed by atoms with van der Waals surface area (Å²) in [6.45, 7) is 0. The molecule has 1 rings (SSSR count). The molecule has 0 unspecified atom stereocenters. The summed E-state index contributed by atoms with van der Waals surface area (Å²) in [5.74, 6) is 1.72. The van der Waals surface area contributed by atoms with Crippen LogP contribution >= 0.6 is 0 Å². The van der Waals surface area contributed by atoms with Gasteiger partial charge >= 0.3 is 0 Å². The van der Waals surface area contributed by atoms with Crippen LogP contribution in [0.3, 0.4) is 0 Å². The molecule has 0 aliphatic rings. The topological polar surface area (TPSA) is 43.1 Å². The second-order valence-corrected chi connectivity index (χ2v) is 2.77. The fraction of sp³-hybridized carbons (Fsp3) is 0.182. The van der Waals surface area contributed by atoms with Crippen molar-refractivity contribution in [1.29, 1.82) is 0 Å². The van der Waals surface area contributed by atoms with Gasteiger partial charge in [-0.15, -0.1) is 12.3 Å². The van der Waals surface area contributed by atoms with Crippen LogP contribution < -0.4 is 5.73 Å². The third-order valence-electron chi connectivity index (χ3n) is 1.87. The summed E-state index contributed by atoms with van der Waals surface area (Å²) < 4.78 is 0. The first-order valence-electron chi connectivity index (χ1n) is 4.03. The summed E-state index contributed by atoms with van der Waals surface area (Å²) in [5.41, 5.74) is 6.10. The molecule has 1 aromatic carbocycles. The molecule has 0 bridgehead atoms. The average Bonchev–Trinajstić information content (AvgIpc) is 2.15. The van der Waals surface area contributed by atoms with E-state index in [1.165, 1.54) is 0 Å². The van der Waals surface area contributed by atoms with Gasteiger partial charge in [-0.25, -0.2) is 0 Å². The molecular formula is C11H11NO. The second-order valence-electron chi connectivity index (χ2n) is 2.77. The highest BCUT2D eigenvalue weighted by Crippen LogP contribution is 2.17. The molecule has 0 saturated carbocycles. The molecule has 0 aromatic heterocycles. The van der Waals surface area contributed by atoms with Gasteiger partial charge in [0.2, 0.25) is 5.91 Å². The zero-order valence-corrected chi connectivity index (χ0v) is 7.23. The van der Waals surface area contributed by atoms with Crippen molar-refractivity contribution in [3.8, 4) is 12.3 Å². The lowest BCUT2D eigenvalue weighted by molar-refractivity contribution is -0.119. The molecule has 0 aliphatic heterocycles. The van der Waals surface area contributed by atoms with Crippen molar-refractivity contribution in [2.45, 2.75) is 12.3 Å². The Hall–Kier alpha value is -1.75. The largest absolute Gasteiger partial charge is 0.369 e. The summed E-state index contributed by atoms with van der Waals surface area (Å²) in [5, 5.41) is 0. The molecule has 66 valence electrons. The number of hydrogen-bond donors (Lipinski definition) is 1. The molecule has 0 fully saturated rings. The molecular weight excluding hydrogens is 162 g/mol. The van der Waals surface area contributed by atoms with E-state index in [0.717, 1.165) is 5.56 Å². The quantitative estimate of drug-likeness (QED) is 0.687. The van der Waals surface area contributed by atoms with Gasteiger partial charge in [0.25, 0.3) is 0 Å². The number of nitrogens with two attached hydrogens (primary N) is 1. The molecule has 0 aliphatic carbocycles. The Morgan fingerprint density at radius 1 is 1.46 bits per heavy atom. The predicted molar refractivity (Wildman–Crippen MR) is 51.8 cm³/mol. The van der Waals surface area contributed by atoms with Crippen LogP contribution in [0.1, 0.15) is 17.9 Å². The summed E-state index contributed by atoms with van der Waals surface area (Å²) in [6.07, 6.45) is 5.51. The molecule has 1 aromatic rings. The summed E-state index contributed by atoms with van der Waals surface area (Å²) in [7, 11) is 0. The van der Waals surface area contributed by atoms with Gasteiger partial charge in [-0.05, 0) is 5.56 Å². The lowest BCUT2D eigenvalue weighted by Crippen LogP contribution is -2.20. The van der Waals surface area contributed by atoms with Crippen LogP contribution in [0.25, 0.3) is 0 Å². The van der Waals surface area contributed by atoms with Gasteiger partial charge in [0.05, 0.1) is 5.92 Å². The third kappa shape index (κ3) is 2.34. The molecule has 2 heteroatoms. The Bertz CT molecular complexity index is 324. The van der Waals surface area contributed by atoms with Crippen LogP contribution in [-0.4, -0.2) is 5.91 Å². The summed E-state index contributed by atoms with van der Waals surface area (Å²) in [4.78, 5) is 11.0. The molecule has 1 amide bonds. The van der Waals surface area contributed by atoms with Gasteiger partial charge in [0.1, 0.15) is 0 Å². The maximum atomic E-state index is 11.0. The van der Waals surface area contributed by atoms with Crippen LogP contribution in [-0.2, 0) is 4.79 Å². The predicted octanol–water partition coefficient (Wildman–Crippen LogP) is 1.28. The fourth-order valence-corrected chi connectivity index (χ4v) is 1.19. The van der Waals surface area contributed by atoms with Crippen molar-refractivity contribution in [2.24, 2.45) is 5.73 Å². The normalized spacial score (nSPS) is 11.6. The average molecular weight is 173 g/mol. The molecule has 0 saturated heterocycles. The molecule has 0 heterocycles. The van der Waals surface area contributed by atoms with Crippen LogP contribution in [0, 0.1) is 12.3 Å². The first kappa shape index (κ1) is 9.34. The maximum absolute atomic E-state index is 11.0. The van der Waals surface area contributed by atoms with Gasteiger partial charge in [0.15, 0.2) is 0 Å². The highest BCUT2D eigenvalue weighted by Gasteiger charge is 2.15. The van der Waals surface area contributed by atoms with Gasteiger partial charge in [0, 0.05) is 6.42 Å². The van der Waals surface area contributed by atoms with Gasteiger partial charge < -0.3 is 5.73 Å². The minimum Gasteiger partial charge on any atom is -0.369 e. The van der Waals surface area contributed by atoms with E-state index in [0.29, 0.717) is 6.42 Å². The fourth-order valence-electron chi connectivity index (χ4n) is 1.19. The van der Waals surface area contributed by atoms with E-state index in [1.807, 2.05) is 30.3 Å². The van der Waals surface area contributed by atoms with E-state index < -0.39 is 0 Å². The summed E-state index contributed by atoms with van der Waals surface area (Å²) >= 11 is 0. The number of rotatable bonds is 3. The molecule has 2 nitrogen and oxygen atoms in total. The number of benzene rings is 1. The Morgan fingerprint density at radius 2 is 2.08 bits per heavy atom. The first-order chi connectivity index (χ1) is 6.25. The van der Waals surface area contributed by atoms with Crippen molar-refractivity contribution in [1.82, 2.24) is 0 Å². The number of primary amides is 1. The zero-order chi connectivity index (χ0) is 9.68. The number of carbonyl (C=O) groups excluding carboxylic acids is 1. The molecule has 0 radical (unpaired) electrons. The summed E-state index contributed by atoms with van der Waals surface area (Å²) in [6, 6.07) is 9.32. The number of terminal acetylenes is 1. The second kappa shape index (κ2) is 4.32. The van der Waals surface area contributed by atoms with Gasteiger partial charge in [-0.3, -0.25) is 4.79 Å². The number of amides is 1. The molecule has 13 heavy (non-hydrogen) atoms. The van der Waals surface area contributed by atoms with E-state index in [1.54, 1.807) is 0 Å². The highest BCUT2D eigenvalue weighted by molar-refractivity contribution is 5.82. The lowest BCUT2D eigenvalue weighted by atomic mass is 9.96. The van der Waals surface area contributed by atoms with Crippen LogP contribution in [0.4, 0.5) is 0 Å². The van der Waals surface area contributed by atoms with E-state index in [4.69, 9.17) is 12.2 Å². The zero-order valence-electron chi connectivity index (χ0n) is 7.23. The minimum atomic E-state index is -0.371. The Morgan fingerprint density at radius 3 is 2.54 bits per heavy atom. The lowest BCUT2D eigenvalue weighted by Gasteiger charge is -2.09. The van der Waals surface area contributed by atoms with E-state index >= 15 is 0 Å². The van der Waals surface area contributed by atoms with Crippen molar-refractivity contribution < 1.29 is 4.79 Å². The van der Waals surface area contributed by atoms with Crippen LogP contribution in [0.15, 0.2) is 30.3 Å². The smallest absolute Gasteiger partial charge is 0.225 e. The van der Waals surface area contributed by atoms with E-state index in [9.17, 15) is 4.79 Å². The number of hydrogen-bond acceptors (Lipinski definition) is 1. The van der Waals surface area contributed by atoms with Crippen molar-refractivity contribution in [3.05, 3.63) is 35.9 Å². The van der Waals surface area contributed by atoms with E-state index in [2.05, 4.69) is 5.92 Å². The monoisotopic (exact) mass is 173 g/mol. The first-order valence-corrected chi connectivity index (χ1v) is 4.03. The standard InChI is InChI=1S/C11H11NO/c1-2-6-10(11(12)13)9-7-4-3-5-8-9/h1,3-5,7-8,10H,6H2,(H2,12,13)/t10-/m1/s1. The van der Waals surface area contributed by atoms with E-state index in [-0.39, 0.29) is 11.8 Å². The molecule has 1 atom stereocenters. The van der Waals surface area contributed by atoms with Gasteiger partial charge in [-0.2, -0.15) is 0 Å².